The molecule has 0 aliphatic carbocycles. The number of ketones is 1. The first kappa shape index (κ1) is 12.8. The Morgan fingerprint density at radius 3 is 2.78 bits per heavy atom. The van der Waals surface area contributed by atoms with Gasteiger partial charge in [-0.2, -0.15) is 0 Å². The Morgan fingerprint density at radius 2 is 2.11 bits per heavy atom. The van der Waals surface area contributed by atoms with Gasteiger partial charge in [0.15, 0.2) is 0 Å². The Morgan fingerprint density at radius 1 is 1.39 bits per heavy atom. The molecule has 0 saturated carbocycles. The van der Waals surface area contributed by atoms with E-state index in [0.29, 0.717) is 25.3 Å². The van der Waals surface area contributed by atoms with E-state index in [4.69, 9.17) is 0 Å². The van der Waals surface area contributed by atoms with Crippen molar-refractivity contribution in [2.75, 3.05) is 13.1 Å². The molecular formula is C15H19NO2. The maximum Gasteiger partial charge on any atom is 0.254 e. The Labute approximate surface area is 108 Å². The number of carbonyl (C=O) groups is 2. The lowest BCUT2D eigenvalue weighted by Crippen LogP contribution is -2.44. The van der Waals surface area contributed by atoms with Crippen LogP contribution in [0.2, 0.25) is 0 Å². The molecule has 0 N–H and O–H groups in total. The number of rotatable bonds is 2. The van der Waals surface area contributed by atoms with Crippen molar-refractivity contribution in [2.45, 2.75) is 26.7 Å². The van der Waals surface area contributed by atoms with Crippen LogP contribution in [0.1, 0.15) is 35.7 Å². The van der Waals surface area contributed by atoms with Crippen LogP contribution in [-0.2, 0) is 4.79 Å². The van der Waals surface area contributed by atoms with E-state index in [1.807, 2.05) is 43.0 Å². The SMILES string of the molecule is CCC1CN(C(=O)c2ccccc2C)CCC1=O. The highest BCUT2D eigenvalue weighted by molar-refractivity contribution is 5.97. The molecular weight excluding hydrogens is 226 g/mol. The van der Waals surface area contributed by atoms with Crippen LogP contribution in [0.5, 0.6) is 0 Å². The summed E-state index contributed by atoms with van der Waals surface area (Å²) in [6, 6.07) is 7.61. The lowest BCUT2D eigenvalue weighted by Gasteiger charge is -2.31. The van der Waals surface area contributed by atoms with Crippen molar-refractivity contribution in [2.24, 2.45) is 5.92 Å². The van der Waals surface area contributed by atoms with Gasteiger partial charge in [-0.3, -0.25) is 9.59 Å². The van der Waals surface area contributed by atoms with Crippen LogP contribution in [0.3, 0.4) is 0 Å². The molecule has 3 heteroatoms. The second-order valence-electron chi connectivity index (χ2n) is 4.89. The molecule has 2 rings (SSSR count). The number of aryl methyl sites for hydroxylation is 1. The van der Waals surface area contributed by atoms with Crippen LogP contribution >= 0.6 is 0 Å². The molecule has 96 valence electrons. The van der Waals surface area contributed by atoms with Gasteiger partial charge in [0.25, 0.3) is 5.91 Å². The van der Waals surface area contributed by atoms with Gasteiger partial charge in [0.2, 0.25) is 0 Å². The fourth-order valence-electron chi connectivity index (χ4n) is 2.43. The highest BCUT2D eigenvalue weighted by atomic mass is 16.2. The number of nitrogens with zero attached hydrogens (tertiary/aromatic N) is 1. The first-order valence-corrected chi connectivity index (χ1v) is 6.51. The zero-order chi connectivity index (χ0) is 13.1. The third-order valence-electron chi connectivity index (χ3n) is 3.68. The van der Waals surface area contributed by atoms with Crippen molar-refractivity contribution in [1.82, 2.24) is 4.90 Å². The second-order valence-corrected chi connectivity index (χ2v) is 4.89. The summed E-state index contributed by atoms with van der Waals surface area (Å²) < 4.78 is 0. The molecule has 3 nitrogen and oxygen atoms in total. The van der Waals surface area contributed by atoms with Gasteiger partial charge in [0, 0.05) is 31.0 Å². The molecule has 1 aromatic rings. The van der Waals surface area contributed by atoms with Crippen LogP contribution in [-0.4, -0.2) is 29.7 Å². The van der Waals surface area contributed by atoms with E-state index in [9.17, 15) is 9.59 Å². The van der Waals surface area contributed by atoms with Crippen LogP contribution in [0, 0.1) is 12.8 Å². The molecule has 0 bridgehead atoms. The summed E-state index contributed by atoms with van der Waals surface area (Å²) in [5, 5.41) is 0. The minimum absolute atomic E-state index is 0.0201. The number of piperidine rings is 1. The van der Waals surface area contributed by atoms with Gasteiger partial charge in [-0.1, -0.05) is 25.1 Å². The van der Waals surface area contributed by atoms with Crippen LogP contribution in [0.4, 0.5) is 0 Å². The molecule has 1 aromatic carbocycles. The summed E-state index contributed by atoms with van der Waals surface area (Å²) in [4.78, 5) is 25.9. The van der Waals surface area contributed by atoms with Crippen molar-refractivity contribution in [3.8, 4) is 0 Å². The summed E-state index contributed by atoms with van der Waals surface area (Å²) in [7, 11) is 0. The first-order chi connectivity index (χ1) is 8.63. The quantitative estimate of drug-likeness (QED) is 0.802. The molecule has 1 fully saturated rings. The largest absolute Gasteiger partial charge is 0.337 e. The molecule has 1 aliphatic rings. The number of hydrogen-bond donors (Lipinski definition) is 0. The third-order valence-corrected chi connectivity index (χ3v) is 3.68. The fourth-order valence-corrected chi connectivity index (χ4v) is 2.43. The lowest BCUT2D eigenvalue weighted by molar-refractivity contribution is -0.125. The Bertz CT molecular complexity index is 467. The zero-order valence-corrected chi connectivity index (χ0v) is 11.0. The van der Waals surface area contributed by atoms with Gasteiger partial charge in [-0.25, -0.2) is 0 Å². The first-order valence-electron chi connectivity index (χ1n) is 6.51. The van der Waals surface area contributed by atoms with Gasteiger partial charge in [0.1, 0.15) is 5.78 Å². The molecule has 1 aliphatic heterocycles. The van der Waals surface area contributed by atoms with Crippen molar-refractivity contribution in [1.29, 1.82) is 0 Å². The normalized spacial score (nSPS) is 20.0. The van der Waals surface area contributed by atoms with Crippen molar-refractivity contribution < 1.29 is 9.59 Å². The monoisotopic (exact) mass is 245 g/mol. The smallest absolute Gasteiger partial charge is 0.254 e. The van der Waals surface area contributed by atoms with Crippen molar-refractivity contribution in [3.05, 3.63) is 35.4 Å². The number of Topliss-reactive ketones (excluding diaryl/α,β-unsaturated/α-hetero) is 1. The van der Waals surface area contributed by atoms with Crippen LogP contribution in [0.15, 0.2) is 24.3 Å². The average molecular weight is 245 g/mol. The van der Waals surface area contributed by atoms with E-state index in [1.165, 1.54) is 0 Å². The molecule has 1 unspecified atom stereocenters. The zero-order valence-electron chi connectivity index (χ0n) is 11.0. The summed E-state index contributed by atoms with van der Waals surface area (Å²) in [5.74, 6) is 0.372. The second kappa shape index (κ2) is 5.34. The van der Waals surface area contributed by atoms with E-state index >= 15 is 0 Å². The summed E-state index contributed by atoms with van der Waals surface area (Å²) in [6.07, 6.45) is 1.31. The van der Waals surface area contributed by atoms with Crippen LogP contribution in [0.25, 0.3) is 0 Å². The molecule has 0 spiro atoms. The van der Waals surface area contributed by atoms with E-state index < -0.39 is 0 Å². The Kier molecular flexibility index (Phi) is 3.80. The predicted octanol–water partition coefficient (Wildman–Crippen LogP) is 2.44. The number of hydrogen-bond acceptors (Lipinski definition) is 2. The number of likely N-dealkylation sites (tertiary alicyclic amines) is 1. The maximum absolute atomic E-state index is 12.4. The molecule has 1 heterocycles. The minimum atomic E-state index is 0.0201. The Balaban J connectivity index is 2.15. The van der Waals surface area contributed by atoms with Gasteiger partial charge < -0.3 is 4.90 Å². The minimum Gasteiger partial charge on any atom is -0.337 e. The Hall–Kier alpha value is -1.64. The van der Waals surface area contributed by atoms with E-state index in [-0.39, 0.29) is 11.8 Å². The van der Waals surface area contributed by atoms with E-state index in [1.54, 1.807) is 0 Å². The fraction of sp³-hybridized carbons (Fsp3) is 0.467. The molecule has 1 amide bonds. The van der Waals surface area contributed by atoms with Gasteiger partial charge in [0.05, 0.1) is 0 Å². The summed E-state index contributed by atoms with van der Waals surface area (Å²) in [5.41, 5.74) is 1.74. The van der Waals surface area contributed by atoms with Gasteiger partial charge in [-0.15, -0.1) is 0 Å². The topological polar surface area (TPSA) is 37.4 Å². The standard InChI is InChI=1S/C15H19NO2/c1-3-12-10-16(9-8-14(12)17)15(18)13-7-5-4-6-11(13)2/h4-7,12H,3,8-10H2,1-2H3. The summed E-state index contributed by atoms with van der Waals surface area (Å²) in [6.45, 7) is 5.08. The number of benzene rings is 1. The van der Waals surface area contributed by atoms with Gasteiger partial charge >= 0.3 is 0 Å². The number of amides is 1. The van der Waals surface area contributed by atoms with E-state index in [0.717, 1.165) is 17.5 Å². The highest BCUT2D eigenvalue weighted by Gasteiger charge is 2.29. The van der Waals surface area contributed by atoms with Gasteiger partial charge in [-0.05, 0) is 25.0 Å². The summed E-state index contributed by atoms with van der Waals surface area (Å²) >= 11 is 0. The molecule has 0 radical (unpaired) electrons. The highest BCUT2D eigenvalue weighted by Crippen LogP contribution is 2.19. The molecule has 1 saturated heterocycles. The number of carbonyl (C=O) groups excluding carboxylic acids is 2. The molecule has 18 heavy (non-hydrogen) atoms. The maximum atomic E-state index is 12.4. The van der Waals surface area contributed by atoms with Crippen LogP contribution < -0.4 is 0 Å². The third kappa shape index (κ3) is 2.45. The van der Waals surface area contributed by atoms with Crippen molar-refractivity contribution in [3.63, 3.8) is 0 Å². The van der Waals surface area contributed by atoms with Crippen molar-refractivity contribution >= 4 is 11.7 Å². The molecule has 1 atom stereocenters. The average Bonchev–Trinajstić information content (AvgIpc) is 2.39. The lowest BCUT2D eigenvalue weighted by atomic mass is 9.93. The molecule has 0 aromatic heterocycles. The predicted molar refractivity (Wildman–Crippen MR) is 70.5 cm³/mol. The van der Waals surface area contributed by atoms with E-state index in [2.05, 4.69) is 0 Å².